The number of pyridine rings is 1. The number of amides is 2. The fraction of sp³-hybridized carbons (Fsp3) is 0.409. The summed E-state index contributed by atoms with van der Waals surface area (Å²) in [7, 11) is 3.93. The summed E-state index contributed by atoms with van der Waals surface area (Å²) in [5.74, 6) is -0.532. The standard InChI is InChI=1S/C22H27FN4O2/c1-27(2)11-10-24-21(28)16-6-8-19(13-16)26-22(29)17-7-9-20(25-14-17)15-4-3-5-18(23)12-15/h3-5,7,9,12,14,16,19H,6,8,10-11,13H2,1-2H3,(H,24,28)(H,26,29)/t16-,19+/m0/s1. The predicted molar refractivity (Wildman–Crippen MR) is 110 cm³/mol. The van der Waals surface area contributed by atoms with Gasteiger partial charge in [-0.2, -0.15) is 0 Å². The van der Waals surface area contributed by atoms with Crippen LogP contribution >= 0.6 is 0 Å². The molecule has 0 bridgehead atoms. The quantitative estimate of drug-likeness (QED) is 0.751. The van der Waals surface area contributed by atoms with Gasteiger partial charge in [-0.3, -0.25) is 14.6 Å². The zero-order valence-corrected chi connectivity index (χ0v) is 16.8. The smallest absolute Gasteiger partial charge is 0.253 e. The molecule has 29 heavy (non-hydrogen) atoms. The van der Waals surface area contributed by atoms with Gasteiger partial charge in [-0.15, -0.1) is 0 Å². The fourth-order valence-electron chi connectivity index (χ4n) is 3.51. The first kappa shape index (κ1) is 20.9. The summed E-state index contributed by atoms with van der Waals surface area (Å²) in [5, 5.41) is 5.95. The van der Waals surface area contributed by atoms with Gasteiger partial charge in [0.2, 0.25) is 5.91 Å². The number of carbonyl (C=O) groups is 2. The Kier molecular flexibility index (Phi) is 6.93. The van der Waals surface area contributed by atoms with Crippen molar-refractivity contribution in [1.82, 2.24) is 20.5 Å². The lowest BCUT2D eigenvalue weighted by molar-refractivity contribution is -0.124. The fourth-order valence-corrected chi connectivity index (χ4v) is 3.51. The minimum absolute atomic E-state index is 0.0185. The Bertz CT molecular complexity index is 854. The van der Waals surface area contributed by atoms with E-state index >= 15 is 0 Å². The lowest BCUT2D eigenvalue weighted by Crippen LogP contribution is -2.36. The molecule has 1 heterocycles. The molecule has 2 N–H and O–H groups in total. The van der Waals surface area contributed by atoms with Crippen molar-refractivity contribution >= 4 is 11.8 Å². The van der Waals surface area contributed by atoms with Crippen molar-refractivity contribution in [3.8, 4) is 11.3 Å². The van der Waals surface area contributed by atoms with Crippen LogP contribution < -0.4 is 10.6 Å². The van der Waals surface area contributed by atoms with Crippen molar-refractivity contribution in [2.24, 2.45) is 5.92 Å². The van der Waals surface area contributed by atoms with Gasteiger partial charge in [0.05, 0.1) is 11.3 Å². The Morgan fingerprint density at radius 3 is 2.72 bits per heavy atom. The molecule has 1 saturated carbocycles. The molecule has 0 aliphatic heterocycles. The molecule has 154 valence electrons. The molecule has 1 aromatic heterocycles. The van der Waals surface area contributed by atoms with Crippen LogP contribution in [0.3, 0.4) is 0 Å². The van der Waals surface area contributed by atoms with Gasteiger partial charge in [0.15, 0.2) is 0 Å². The lowest BCUT2D eigenvalue weighted by atomic mass is 10.1. The van der Waals surface area contributed by atoms with Crippen LogP contribution in [0.5, 0.6) is 0 Å². The van der Waals surface area contributed by atoms with Crippen molar-refractivity contribution in [2.75, 3.05) is 27.2 Å². The average molecular weight is 398 g/mol. The molecule has 0 saturated heterocycles. The zero-order valence-electron chi connectivity index (χ0n) is 16.8. The molecule has 6 nitrogen and oxygen atoms in total. The summed E-state index contributed by atoms with van der Waals surface area (Å²) in [6.07, 6.45) is 3.70. The van der Waals surface area contributed by atoms with Gasteiger partial charge >= 0.3 is 0 Å². The van der Waals surface area contributed by atoms with Crippen LogP contribution in [0.4, 0.5) is 4.39 Å². The molecule has 1 aliphatic carbocycles. The summed E-state index contributed by atoms with van der Waals surface area (Å²) < 4.78 is 13.4. The van der Waals surface area contributed by atoms with Crippen molar-refractivity contribution in [3.05, 3.63) is 54.0 Å². The molecule has 0 radical (unpaired) electrons. The molecule has 0 unspecified atom stereocenters. The van der Waals surface area contributed by atoms with Crippen LogP contribution in [0.25, 0.3) is 11.3 Å². The van der Waals surface area contributed by atoms with E-state index in [1.165, 1.54) is 18.3 Å². The summed E-state index contributed by atoms with van der Waals surface area (Å²) >= 11 is 0. The molecule has 2 atom stereocenters. The second-order valence-electron chi connectivity index (χ2n) is 7.72. The van der Waals surface area contributed by atoms with Gasteiger partial charge < -0.3 is 15.5 Å². The molecule has 1 aromatic carbocycles. The molecule has 0 spiro atoms. The van der Waals surface area contributed by atoms with Crippen LogP contribution in [0, 0.1) is 11.7 Å². The number of hydrogen-bond acceptors (Lipinski definition) is 4. The van der Waals surface area contributed by atoms with Crippen LogP contribution in [-0.4, -0.2) is 54.9 Å². The number of nitrogens with one attached hydrogen (secondary N) is 2. The van der Waals surface area contributed by atoms with E-state index in [1.807, 2.05) is 19.0 Å². The van der Waals surface area contributed by atoms with Crippen molar-refractivity contribution < 1.29 is 14.0 Å². The second kappa shape index (κ2) is 9.60. The maximum Gasteiger partial charge on any atom is 0.253 e. The predicted octanol–water partition coefficient (Wildman–Crippen LogP) is 2.46. The van der Waals surface area contributed by atoms with E-state index in [4.69, 9.17) is 0 Å². The van der Waals surface area contributed by atoms with Crippen molar-refractivity contribution in [2.45, 2.75) is 25.3 Å². The van der Waals surface area contributed by atoms with Crippen LogP contribution in [0.15, 0.2) is 42.6 Å². The largest absolute Gasteiger partial charge is 0.355 e. The highest BCUT2D eigenvalue weighted by Gasteiger charge is 2.30. The highest BCUT2D eigenvalue weighted by molar-refractivity contribution is 5.94. The number of benzene rings is 1. The number of rotatable bonds is 7. The molecule has 2 amide bonds. The minimum atomic E-state index is -0.326. The van der Waals surface area contributed by atoms with Crippen LogP contribution in [-0.2, 0) is 4.79 Å². The van der Waals surface area contributed by atoms with E-state index in [0.29, 0.717) is 29.8 Å². The van der Waals surface area contributed by atoms with Crippen molar-refractivity contribution in [3.63, 3.8) is 0 Å². The van der Waals surface area contributed by atoms with Gasteiger partial charge in [-0.25, -0.2) is 4.39 Å². The maximum atomic E-state index is 13.4. The van der Waals surface area contributed by atoms with Gasteiger partial charge in [-0.1, -0.05) is 12.1 Å². The summed E-state index contributed by atoms with van der Waals surface area (Å²) in [6.45, 7) is 1.43. The number of halogens is 1. The van der Waals surface area contributed by atoms with Gasteiger partial charge in [0.1, 0.15) is 5.82 Å². The Morgan fingerprint density at radius 2 is 2.03 bits per heavy atom. The normalized spacial score (nSPS) is 18.6. The third-order valence-corrected chi connectivity index (χ3v) is 5.14. The number of likely N-dealkylation sites (N-methyl/N-ethyl adjacent to an activating group) is 1. The second-order valence-corrected chi connectivity index (χ2v) is 7.72. The lowest BCUT2D eigenvalue weighted by Gasteiger charge is -2.15. The third-order valence-electron chi connectivity index (χ3n) is 5.14. The average Bonchev–Trinajstić information content (AvgIpc) is 3.16. The van der Waals surface area contributed by atoms with Gasteiger partial charge in [0, 0.05) is 36.8 Å². The highest BCUT2D eigenvalue weighted by Crippen LogP contribution is 2.26. The summed E-state index contributed by atoms with van der Waals surface area (Å²) in [5.41, 5.74) is 1.72. The maximum absolute atomic E-state index is 13.4. The van der Waals surface area contributed by atoms with E-state index in [-0.39, 0.29) is 29.6 Å². The van der Waals surface area contributed by atoms with E-state index in [2.05, 4.69) is 15.6 Å². The van der Waals surface area contributed by atoms with Gasteiger partial charge in [-0.05, 0) is 57.6 Å². The monoisotopic (exact) mass is 398 g/mol. The van der Waals surface area contributed by atoms with E-state index < -0.39 is 0 Å². The Labute approximate surface area is 170 Å². The van der Waals surface area contributed by atoms with E-state index in [9.17, 15) is 14.0 Å². The topological polar surface area (TPSA) is 74.3 Å². The molecule has 1 aliphatic rings. The summed E-state index contributed by atoms with van der Waals surface area (Å²) in [4.78, 5) is 31.1. The molecular weight excluding hydrogens is 371 g/mol. The third kappa shape index (κ3) is 5.84. The van der Waals surface area contributed by atoms with Crippen LogP contribution in [0.1, 0.15) is 29.6 Å². The first-order valence-electron chi connectivity index (χ1n) is 9.87. The summed E-state index contributed by atoms with van der Waals surface area (Å²) in [6, 6.07) is 9.55. The van der Waals surface area contributed by atoms with E-state index in [0.717, 1.165) is 19.4 Å². The SMILES string of the molecule is CN(C)CCNC(=O)[C@H]1CC[C@@H](NC(=O)c2ccc(-c3cccc(F)c3)nc2)C1. The number of nitrogens with zero attached hydrogens (tertiary/aromatic N) is 2. The molecule has 1 fully saturated rings. The highest BCUT2D eigenvalue weighted by atomic mass is 19.1. The first-order chi connectivity index (χ1) is 13.9. The Morgan fingerprint density at radius 1 is 1.21 bits per heavy atom. The van der Waals surface area contributed by atoms with Crippen LogP contribution in [0.2, 0.25) is 0 Å². The minimum Gasteiger partial charge on any atom is -0.355 e. The molecule has 7 heteroatoms. The van der Waals surface area contributed by atoms with E-state index in [1.54, 1.807) is 24.3 Å². The first-order valence-corrected chi connectivity index (χ1v) is 9.87. The number of carbonyl (C=O) groups excluding carboxylic acids is 2. The number of hydrogen-bond donors (Lipinski definition) is 2. The zero-order chi connectivity index (χ0) is 20.8. The van der Waals surface area contributed by atoms with Gasteiger partial charge in [0.25, 0.3) is 5.91 Å². The molecular formula is C22H27FN4O2. The Hall–Kier alpha value is -2.80. The van der Waals surface area contributed by atoms with Crippen molar-refractivity contribution in [1.29, 1.82) is 0 Å². The Balaban J connectivity index is 1.51. The molecule has 2 aromatic rings. The number of aromatic nitrogens is 1. The molecule has 3 rings (SSSR count).